The molecule has 0 aliphatic carbocycles. The first-order valence-corrected chi connectivity index (χ1v) is 10.8. The summed E-state index contributed by atoms with van der Waals surface area (Å²) in [5.41, 5.74) is 3.03. The first-order valence-electron chi connectivity index (χ1n) is 10.8. The van der Waals surface area contributed by atoms with E-state index < -0.39 is 6.04 Å². The Labute approximate surface area is 185 Å². The fraction of sp³-hybridized carbons (Fsp3) is 0.440. The highest BCUT2D eigenvalue weighted by molar-refractivity contribution is 5.88. The minimum atomic E-state index is -0.566. The molecule has 1 N–H and O–H groups in total. The molecule has 0 fully saturated rings. The molecule has 2 amide bonds. The minimum absolute atomic E-state index is 0.127. The van der Waals surface area contributed by atoms with Crippen molar-refractivity contribution in [2.24, 2.45) is 0 Å². The Balaban J connectivity index is 2.22. The Hall–Kier alpha value is -3.02. The second-order valence-electron chi connectivity index (χ2n) is 7.57. The van der Waals surface area contributed by atoms with E-state index in [1.807, 2.05) is 70.2 Å². The van der Waals surface area contributed by atoms with Crippen LogP contribution in [0.3, 0.4) is 0 Å². The van der Waals surface area contributed by atoms with E-state index in [0.29, 0.717) is 25.3 Å². The van der Waals surface area contributed by atoms with Crippen molar-refractivity contribution in [3.8, 4) is 11.5 Å². The summed E-state index contributed by atoms with van der Waals surface area (Å²) in [4.78, 5) is 27.6. The Morgan fingerprint density at radius 3 is 2.39 bits per heavy atom. The number of benzene rings is 2. The Bertz CT molecular complexity index is 864. The maximum atomic E-state index is 13.2. The highest BCUT2D eigenvalue weighted by Gasteiger charge is 2.28. The van der Waals surface area contributed by atoms with Crippen molar-refractivity contribution in [1.29, 1.82) is 0 Å². The molecule has 0 aliphatic rings. The van der Waals surface area contributed by atoms with E-state index in [4.69, 9.17) is 9.47 Å². The summed E-state index contributed by atoms with van der Waals surface area (Å²) in [5.74, 6) is 1.06. The Morgan fingerprint density at radius 1 is 1.06 bits per heavy atom. The van der Waals surface area contributed by atoms with Gasteiger partial charge in [0.25, 0.3) is 5.91 Å². The zero-order valence-electron chi connectivity index (χ0n) is 19.2. The number of carbonyl (C=O) groups excluding carboxylic acids is 2. The van der Waals surface area contributed by atoms with E-state index in [1.165, 1.54) is 0 Å². The van der Waals surface area contributed by atoms with Gasteiger partial charge in [-0.2, -0.15) is 0 Å². The van der Waals surface area contributed by atoms with Crippen LogP contribution in [0.15, 0.2) is 42.5 Å². The van der Waals surface area contributed by atoms with Gasteiger partial charge in [-0.25, -0.2) is 0 Å². The number of methoxy groups -OCH3 is 1. The van der Waals surface area contributed by atoms with Crippen molar-refractivity contribution in [2.45, 2.75) is 53.1 Å². The van der Waals surface area contributed by atoms with E-state index in [0.717, 1.165) is 28.9 Å². The van der Waals surface area contributed by atoms with Crippen LogP contribution in [-0.4, -0.2) is 43.0 Å². The molecule has 31 heavy (non-hydrogen) atoms. The number of nitrogens with one attached hydrogen (secondary N) is 1. The number of ether oxygens (including phenoxy) is 2. The average molecular weight is 427 g/mol. The third kappa shape index (κ3) is 6.74. The molecule has 6 heteroatoms. The molecule has 0 unspecified atom stereocenters. The number of carbonyl (C=O) groups is 2. The topological polar surface area (TPSA) is 67.9 Å². The van der Waals surface area contributed by atoms with Crippen LogP contribution in [0.1, 0.15) is 43.4 Å². The third-order valence-corrected chi connectivity index (χ3v) is 5.35. The van der Waals surface area contributed by atoms with Crippen molar-refractivity contribution in [3.05, 3.63) is 59.2 Å². The van der Waals surface area contributed by atoms with Crippen molar-refractivity contribution < 1.29 is 19.1 Å². The highest BCUT2D eigenvalue weighted by Crippen LogP contribution is 2.21. The summed E-state index contributed by atoms with van der Waals surface area (Å²) in [7, 11) is 1.61. The molecular weight excluding hydrogens is 392 g/mol. The van der Waals surface area contributed by atoms with Gasteiger partial charge in [-0.05, 0) is 61.6 Å². The molecule has 0 spiro atoms. The van der Waals surface area contributed by atoms with Crippen molar-refractivity contribution in [1.82, 2.24) is 10.2 Å². The molecule has 0 bridgehead atoms. The fourth-order valence-corrected chi connectivity index (χ4v) is 3.32. The lowest BCUT2D eigenvalue weighted by Gasteiger charge is -2.30. The van der Waals surface area contributed by atoms with Crippen LogP contribution >= 0.6 is 0 Å². The van der Waals surface area contributed by atoms with Gasteiger partial charge in [0.2, 0.25) is 5.91 Å². The van der Waals surface area contributed by atoms with Gasteiger partial charge in [0.05, 0.1) is 7.11 Å². The molecule has 2 rings (SSSR count). The largest absolute Gasteiger partial charge is 0.497 e. The molecule has 6 nitrogen and oxygen atoms in total. The summed E-state index contributed by atoms with van der Waals surface area (Å²) in [5, 5.41) is 2.92. The smallest absolute Gasteiger partial charge is 0.261 e. The van der Waals surface area contributed by atoms with Crippen LogP contribution in [0.5, 0.6) is 11.5 Å². The molecule has 0 aliphatic heterocycles. The minimum Gasteiger partial charge on any atom is -0.497 e. The van der Waals surface area contributed by atoms with Crippen molar-refractivity contribution >= 4 is 11.8 Å². The SMILES string of the molecule is CCCNC(=O)[C@H](CC)N(Cc1ccc(OC)cc1)C(=O)COc1cccc(C)c1C. The molecule has 2 aromatic carbocycles. The van der Waals surface area contributed by atoms with E-state index in [-0.39, 0.29) is 18.4 Å². The van der Waals surface area contributed by atoms with Gasteiger partial charge in [-0.15, -0.1) is 0 Å². The van der Waals surface area contributed by atoms with E-state index in [9.17, 15) is 9.59 Å². The van der Waals surface area contributed by atoms with Crippen LogP contribution in [0, 0.1) is 13.8 Å². The number of rotatable bonds is 11. The molecular formula is C25H34N2O4. The number of hydrogen-bond donors (Lipinski definition) is 1. The van der Waals surface area contributed by atoms with Gasteiger partial charge in [-0.1, -0.05) is 38.1 Å². The summed E-state index contributed by atoms with van der Waals surface area (Å²) in [6.45, 7) is 8.66. The van der Waals surface area contributed by atoms with Crippen LogP contribution in [0.2, 0.25) is 0 Å². The summed E-state index contributed by atoms with van der Waals surface area (Å²) < 4.78 is 11.1. The summed E-state index contributed by atoms with van der Waals surface area (Å²) in [6, 6.07) is 12.7. The standard InChI is InChI=1S/C25H34N2O4/c1-6-15-26-25(29)22(7-2)27(16-20-11-13-21(30-5)14-12-20)24(28)17-31-23-10-8-9-18(3)19(23)4/h8-14,22H,6-7,15-17H2,1-5H3,(H,26,29)/t22-/m0/s1. The van der Waals surface area contributed by atoms with Gasteiger partial charge >= 0.3 is 0 Å². The molecule has 168 valence electrons. The van der Waals surface area contributed by atoms with Gasteiger partial charge in [0.1, 0.15) is 17.5 Å². The predicted octanol–water partition coefficient (Wildman–Crippen LogP) is 4.02. The lowest BCUT2D eigenvalue weighted by atomic mass is 10.1. The van der Waals surface area contributed by atoms with Crippen molar-refractivity contribution in [3.63, 3.8) is 0 Å². The maximum Gasteiger partial charge on any atom is 0.261 e. The van der Waals surface area contributed by atoms with Crippen LogP contribution in [-0.2, 0) is 16.1 Å². The Kier molecular flexibility index (Phi) is 9.38. The molecule has 0 saturated heterocycles. The predicted molar refractivity (Wildman–Crippen MR) is 122 cm³/mol. The monoisotopic (exact) mass is 426 g/mol. The highest BCUT2D eigenvalue weighted by atomic mass is 16.5. The second-order valence-corrected chi connectivity index (χ2v) is 7.57. The number of hydrogen-bond acceptors (Lipinski definition) is 4. The van der Waals surface area contributed by atoms with E-state index in [1.54, 1.807) is 12.0 Å². The van der Waals surface area contributed by atoms with Crippen LogP contribution in [0.25, 0.3) is 0 Å². The summed E-state index contributed by atoms with van der Waals surface area (Å²) in [6.07, 6.45) is 1.35. The van der Waals surface area contributed by atoms with Crippen LogP contribution < -0.4 is 14.8 Å². The average Bonchev–Trinajstić information content (AvgIpc) is 2.78. The van der Waals surface area contributed by atoms with Crippen LogP contribution in [0.4, 0.5) is 0 Å². The number of amides is 2. The normalized spacial score (nSPS) is 11.5. The zero-order chi connectivity index (χ0) is 22.8. The van der Waals surface area contributed by atoms with E-state index >= 15 is 0 Å². The second kappa shape index (κ2) is 12.0. The first kappa shape index (κ1) is 24.3. The van der Waals surface area contributed by atoms with Gasteiger partial charge in [-0.3, -0.25) is 9.59 Å². The molecule has 0 aromatic heterocycles. The molecule has 2 aromatic rings. The van der Waals surface area contributed by atoms with Gasteiger partial charge in [0, 0.05) is 13.1 Å². The molecule has 1 atom stereocenters. The first-order chi connectivity index (χ1) is 14.9. The molecule has 0 saturated carbocycles. The summed E-state index contributed by atoms with van der Waals surface area (Å²) >= 11 is 0. The number of nitrogens with zero attached hydrogens (tertiary/aromatic N) is 1. The fourth-order valence-electron chi connectivity index (χ4n) is 3.32. The lowest BCUT2D eigenvalue weighted by molar-refractivity contribution is -0.143. The zero-order valence-corrected chi connectivity index (χ0v) is 19.2. The lowest BCUT2D eigenvalue weighted by Crippen LogP contribution is -2.50. The van der Waals surface area contributed by atoms with Crippen molar-refractivity contribution in [2.75, 3.05) is 20.3 Å². The van der Waals surface area contributed by atoms with Gasteiger partial charge < -0.3 is 19.7 Å². The molecule has 0 heterocycles. The van der Waals surface area contributed by atoms with E-state index in [2.05, 4.69) is 5.32 Å². The maximum absolute atomic E-state index is 13.2. The third-order valence-electron chi connectivity index (χ3n) is 5.35. The van der Waals surface area contributed by atoms with Gasteiger partial charge in [0.15, 0.2) is 6.61 Å². The Morgan fingerprint density at radius 2 is 1.77 bits per heavy atom. The molecule has 0 radical (unpaired) electrons. The number of aryl methyl sites for hydroxylation is 1. The quantitative estimate of drug-likeness (QED) is 0.589.